The molecule has 1 aliphatic heterocycles. The third-order valence-electron chi connectivity index (χ3n) is 6.60. The summed E-state index contributed by atoms with van der Waals surface area (Å²) in [5.41, 5.74) is 1.39. The summed E-state index contributed by atoms with van der Waals surface area (Å²) in [5.74, 6) is 0.190. The van der Waals surface area contributed by atoms with Crippen molar-refractivity contribution < 1.29 is 19.1 Å². The maximum absolute atomic E-state index is 12.9. The predicted molar refractivity (Wildman–Crippen MR) is 141 cm³/mol. The van der Waals surface area contributed by atoms with E-state index in [-0.39, 0.29) is 42.1 Å². The van der Waals surface area contributed by atoms with Gasteiger partial charge in [-0.05, 0) is 75.2 Å². The van der Waals surface area contributed by atoms with Crippen LogP contribution in [0.4, 0.5) is 0 Å². The molecule has 0 unspecified atom stereocenters. The summed E-state index contributed by atoms with van der Waals surface area (Å²) in [4.78, 5) is 25.9. The summed E-state index contributed by atoms with van der Waals surface area (Å²) in [5, 5.41) is 6.36. The number of hydrazone groups is 1. The van der Waals surface area contributed by atoms with E-state index in [2.05, 4.69) is 49.1 Å². The Morgan fingerprint density at radius 2 is 1.74 bits per heavy atom. The molecule has 1 saturated carbocycles. The van der Waals surface area contributed by atoms with Crippen LogP contribution >= 0.6 is 55.1 Å². The Morgan fingerprint density at radius 3 is 2.37 bits per heavy atom. The largest absolute Gasteiger partial charge is 0.490 e. The molecule has 5 rings (SSSR count). The van der Waals surface area contributed by atoms with Gasteiger partial charge in [-0.1, -0.05) is 41.4 Å². The van der Waals surface area contributed by atoms with Gasteiger partial charge in [0.15, 0.2) is 11.5 Å². The highest BCUT2D eigenvalue weighted by Crippen LogP contribution is 2.52. The number of carbonyl (C=O) groups is 2. The Balaban J connectivity index is 1.40. The molecule has 182 valence electrons. The van der Waals surface area contributed by atoms with Gasteiger partial charge in [-0.15, -0.1) is 0 Å². The second-order valence-corrected chi connectivity index (χ2v) is 11.0. The van der Waals surface area contributed by atoms with Crippen molar-refractivity contribution in [2.45, 2.75) is 20.0 Å². The summed E-state index contributed by atoms with van der Waals surface area (Å²) in [6.45, 7) is 2.47. The maximum Gasteiger partial charge on any atom is 0.254 e. The van der Waals surface area contributed by atoms with E-state index in [1.165, 1.54) is 6.21 Å². The fraction of sp³-hybridized carbons (Fsp3) is 0.320. The van der Waals surface area contributed by atoms with Gasteiger partial charge in [0.1, 0.15) is 6.61 Å². The van der Waals surface area contributed by atoms with Crippen LogP contribution in [0.1, 0.15) is 24.5 Å². The minimum absolute atomic E-state index is 0.137. The van der Waals surface area contributed by atoms with Gasteiger partial charge in [0.2, 0.25) is 0 Å². The van der Waals surface area contributed by atoms with Crippen molar-refractivity contribution in [3.05, 3.63) is 66.5 Å². The molecule has 6 nitrogen and oxygen atoms in total. The summed E-state index contributed by atoms with van der Waals surface area (Å²) in [6, 6.07) is 6.96. The molecule has 0 spiro atoms. The van der Waals surface area contributed by atoms with Gasteiger partial charge in [0, 0.05) is 25.6 Å². The molecule has 2 amide bonds. The number of rotatable bonds is 7. The van der Waals surface area contributed by atoms with Crippen LogP contribution in [0, 0.1) is 23.7 Å². The van der Waals surface area contributed by atoms with Crippen molar-refractivity contribution in [3.63, 3.8) is 0 Å². The van der Waals surface area contributed by atoms with Crippen molar-refractivity contribution >= 4 is 73.1 Å². The number of hydrogen-bond acceptors (Lipinski definition) is 5. The van der Waals surface area contributed by atoms with Crippen molar-refractivity contribution in [3.8, 4) is 11.5 Å². The predicted octanol–water partition coefficient (Wildman–Crippen LogP) is 6.64. The average Bonchev–Trinajstić information content (AvgIpc) is 3.50. The SMILES string of the molecule is CCOc1cc(C=NN2C(=O)[C@@H]3[C@H](C2=O)[C@H]2C=C[C@H]3C2)c(Br)c(Br)c1OCc1ccc(Cl)cc1Cl. The highest BCUT2D eigenvalue weighted by Gasteiger charge is 2.59. The Labute approximate surface area is 229 Å². The molecule has 35 heavy (non-hydrogen) atoms. The molecule has 0 aromatic heterocycles. The molecule has 4 atom stereocenters. The third kappa shape index (κ3) is 4.43. The van der Waals surface area contributed by atoms with Crippen LogP contribution in [0.15, 0.2) is 50.5 Å². The fourth-order valence-electron chi connectivity index (χ4n) is 5.00. The lowest BCUT2D eigenvalue weighted by Crippen LogP contribution is -2.28. The number of imide groups is 1. The van der Waals surface area contributed by atoms with E-state index >= 15 is 0 Å². The topological polar surface area (TPSA) is 68.2 Å². The minimum Gasteiger partial charge on any atom is -0.490 e. The van der Waals surface area contributed by atoms with Crippen molar-refractivity contribution in [1.82, 2.24) is 5.01 Å². The number of hydrogen-bond donors (Lipinski definition) is 0. The number of fused-ring (bicyclic) bond motifs is 5. The zero-order valence-corrected chi connectivity index (χ0v) is 23.2. The van der Waals surface area contributed by atoms with Gasteiger partial charge in [-0.3, -0.25) is 9.59 Å². The number of benzene rings is 2. The molecule has 2 aromatic rings. The first-order valence-corrected chi connectivity index (χ1v) is 13.5. The lowest BCUT2D eigenvalue weighted by molar-refractivity contribution is -0.140. The molecule has 2 bridgehead atoms. The van der Waals surface area contributed by atoms with Crippen LogP contribution in [0.25, 0.3) is 0 Å². The number of halogens is 4. The first-order valence-electron chi connectivity index (χ1n) is 11.1. The number of ether oxygens (including phenoxy) is 2. The molecule has 2 aliphatic carbocycles. The van der Waals surface area contributed by atoms with Crippen LogP contribution in [0.3, 0.4) is 0 Å². The summed E-state index contributed by atoms with van der Waals surface area (Å²) < 4.78 is 13.1. The zero-order valence-electron chi connectivity index (χ0n) is 18.5. The van der Waals surface area contributed by atoms with Gasteiger partial charge in [0.25, 0.3) is 11.8 Å². The van der Waals surface area contributed by atoms with Crippen LogP contribution in [0.2, 0.25) is 10.0 Å². The number of carbonyl (C=O) groups excluding carboxylic acids is 2. The molecule has 2 aromatic carbocycles. The number of nitrogens with zero attached hydrogens (tertiary/aromatic N) is 2. The Bertz CT molecular complexity index is 1250. The molecule has 3 aliphatic rings. The maximum atomic E-state index is 12.9. The summed E-state index contributed by atoms with van der Waals surface area (Å²) in [7, 11) is 0. The zero-order chi connectivity index (χ0) is 24.9. The van der Waals surface area contributed by atoms with E-state index < -0.39 is 0 Å². The third-order valence-corrected chi connectivity index (χ3v) is 9.33. The molecule has 10 heteroatoms. The molecule has 0 N–H and O–H groups in total. The fourth-order valence-corrected chi connectivity index (χ4v) is 6.40. The normalized spacial score (nSPS) is 24.7. The molecule has 0 radical (unpaired) electrons. The summed E-state index contributed by atoms with van der Waals surface area (Å²) in [6.07, 6.45) is 6.48. The van der Waals surface area contributed by atoms with E-state index in [0.29, 0.717) is 42.7 Å². The molecular formula is C25H20Br2Cl2N2O4. The molecule has 1 heterocycles. The Hall–Kier alpha value is -1.87. The molecular weight excluding hydrogens is 623 g/mol. The molecule has 1 saturated heterocycles. The van der Waals surface area contributed by atoms with Gasteiger partial charge < -0.3 is 9.47 Å². The number of allylic oxidation sites excluding steroid dienone is 2. The van der Waals surface area contributed by atoms with Crippen molar-refractivity contribution in [2.75, 3.05) is 6.61 Å². The highest BCUT2D eigenvalue weighted by atomic mass is 79.9. The van der Waals surface area contributed by atoms with E-state index in [1.807, 2.05) is 6.92 Å². The van der Waals surface area contributed by atoms with Crippen LogP contribution in [0.5, 0.6) is 11.5 Å². The van der Waals surface area contributed by atoms with Gasteiger partial charge >= 0.3 is 0 Å². The van der Waals surface area contributed by atoms with E-state index in [4.69, 9.17) is 32.7 Å². The van der Waals surface area contributed by atoms with Crippen LogP contribution < -0.4 is 9.47 Å². The Morgan fingerprint density at radius 1 is 1.06 bits per heavy atom. The minimum atomic E-state index is -0.292. The second-order valence-electron chi connectivity index (χ2n) is 8.61. The van der Waals surface area contributed by atoms with E-state index in [9.17, 15) is 9.59 Å². The lowest BCUT2D eigenvalue weighted by atomic mass is 9.85. The lowest BCUT2D eigenvalue weighted by Gasteiger charge is -2.17. The quantitative estimate of drug-likeness (QED) is 0.193. The first kappa shape index (κ1) is 24.8. The van der Waals surface area contributed by atoms with E-state index in [1.54, 1.807) is 24.3 Å². The first-order chi connectivity index (χ1) is 16.8. The second kappa shape index (κ2) is 9.88. The smallest absolute Gasteiger partial charge is 0.254 e. The summed E-state index contributed by atoms with van der Waals surface area (Å²) >= 11 is 19.4. The highest BCUT2D eigenvalue weighted by molar-refractivity contribution is 9.13. The van der Waals surface area contributed by atoms with Gasteiger partial charge in [-0.2, -0.15) is 10.1 Å². The van der Waals surface area contributed by atoms with Gasteiger partial charge in [0.05, 0.1) is 29.1 Å². The average molecular weight is 643 g/mol. The van der Waals surface area contributed by atoms with Crippen LogP contribution in [-0.4, -0.2) is 29.6 Å². The monoisotopic (exact) mass is 640 g/mol. The van der Waals surface area contributed by atoms with E-state index in [0.717, 1.165) is 17.0 Å². The van der Waals surface area contributed by atoms with Crippen molar-refractivity contribution in [1.29, 1.82) is 0 Å². The van der Waals surface area contributed by atoms with Crippen molar-refractivity contribution in [2.24, 2.45) is 28.8 Å². The standard InChI is InChI=1S/C25H20Br2Cl2N2O4/c1-2-34-18-8-15(10-30-31-24(32)19-12-3-4-13(7-12)20(19)25(31)33)21(26)22(27)23(18)35-11-14-5-6-16(28)9-17(14)29/h3-6,8-10,12-13,19-20H,2,7,11H2,1H3/t12-,13-,19-,20+/m0/s1. The molecule has 2 fully saturated rings. The van der Waals surface area contributed by atoms with Crippen LogP contribution in [-0.2, 0) is 16.2 Å². The number of amides is 2. The Kier molecular flexibility index (Phi) is 7.00. The van der Waals surface area contributed by atoms with Gasteiger partial charge in [-0.25, -0.2) is 0 Å².